The second kappa shape index (κ2) is 9.17. The second-order valence-corrected chi connectivity index (χ2v) is 4.81. The van der Waals surface area contributed by atoms with Crippen LogP contribution in [-0.4, -0.2) is 71.6 Å². The Hall–Kier alpha value is -3.64. The van der Waals surface area contributed by atoms with Crippen LogP contribution >= 0.6 is 0 Å². The van der Waals surface area contributed by atoms with Gasteiger partial charge in [-0.05, 0) is 18.2 Å². The maximum atomic E-state index is 12.0. The Morgan fingerprint density at radius 1 is 0.926 bits per heavy atom. The molecule has 2 heterocycles. The van der Waals surface area contributed by atoms with Crippen molar-refractivity contribution in [3.05, 3.63) is 38.0 Å². The smallest absolute Gasteiger partial charge is 0.323 e. The lowest BCUT2D eigenvalue weighted by Crippen LogP contribution is -2.75. The van der Waals surface area contributed by atoms with Gasteiger partial charge in [-0.15, -0.1) is 15.0 Å². The molecule has 5 N–H and O–H groups in total. The molecule has 0 spiro atoms. The van der Waals surface area contributed by atoms with Crippen LogP contribution in [0.2, 0.25) is 0 Å². The van der Waals surface area contributed by atoms with Gasteiger partial charge in [-0.2, -0.15) is 0 Å². The van der Waals surface area contributed by atoms with Gasteiger partial charge < -0.3 is 15.3 Å². The van der Waals surface area contributed by atoms with Crippen molar-refractivity contribution in [1.82, 2.24) is 30.5 Å². The quantitative estimate of drug-likeness (QED) is 0.291. The highest BCUT2D eigenvalue weighted by atomic mass is 16.3. The molecule has 12 heteroatoms. The van der Waals surface area contributed by atoms with Gasteiger partial charge in [0.2, 0.25) is 23.1 Å². The molecule has 1 aromatic rings. The molecular weight excluding hydrogens is 360 g/mol. The van der Waals surface area contributed by atoms with E-state index in [4.69, 9.17) is 15.3 Å². The molecular formula is C15H18N6O6. The number of carbonyl (C=O) groups excluding carboxylic acids is 3. The van der Waals surface area contributed by atoms with Gasteiger partial charge in [0.05, 0.1) is 6.67 Å². The second-order valence-electron chi connectivity index (χ2n) is 4.81. The number of aromatic nitrogens is 3. The van der Waals surface area contributed by atoms with E-state index in [1.54, 1.807) is 0 Å². The summed E-state index contributed by atoms with van der Waals surface area (Å²) in [7, 11) is 0. The van der Waals surface area contributed by atoms with Crippen molar-refractivity contribution >= 4 is 17.5 Å². The third-order valence-corrected chi connectivity index (χ3v) is 3.27. The molecule has 27 heavy (non-hydrogen) atoms. The SMILES string of the molecule is C=CC(=O)N1CNCNC1(C(=O)C=C)C(=O)C=C.Oc1nc(O)nc(O)n1. The summed E-state index contributed by atoms with van der Waals surface area (Å²) in [5, 5.41) is 30.8. The zero-order chi connectivity index (χ0) is 20.6. The van der Waals surface area contributed by atoms with E-state index in [9.17, 15) is 14.4 Å². The first kappa shape index (κ1) is 21.4. The fourth-order valence-electron chi connectivity index (χ4n) is 2.13. The molecule has 0 bridgehead atoms. The van der Waals surface area contributed by atoms with Gasteiger partial charge in [0.1, 0.15) is 0 Å². The first-order valence-electron chi connectivity index (χ1n) is 7.29. The topological polar surface area (TPSA) is 178 Å². The van der Waals surface area contributed by atoms with Crippen LogP contribution in [0.5, 0.6) is 18.0 Å². The summed E-state index contributed by atoms with van der Waals surface area (Å²) in [6, 6.07) is -2.12. The van der Waals surface area contributed by atoms with E-state index >= 15 is 0 Å². The largest absolute Gasteiger partial charge is 0.479 e. The molecule has 1 amide bonds. The van der Waals surface area contributed by atoms with Crippen molar-refractivity contribution in [2.24, 2.45) is 0 Å². The number of amides is 1. The van der Waals surface area contributed by atoms with E-state index in [1.807, 2.05) is 0 Å². The fourth-order valence-corrected chi connectivity index (χ4v) is 2.13. The number of carbonyl (C=O) groups is 3. The van der Waals surface area contributed by atoms with Crippen LogP contribution < -0.4 is 10.6 Å². The number of rotatable bonds is 5. The van der Waals surface area contributed by atoms with Crippen LogP contribution in [0.3, 0.4) is 0 Å². The van der Waals surface area contributed by atoms with Gasteiger partial charge in [0.15, 0.2) is 0 Å². The molecule has 12 nitrogen and oxygen atoms in total. The molecule has 1 saturated heterocycles. The fraction of sp³-hybridized carbons (Fsp3) is 0.200. The Labute approximate surface area is 153 Å². The molecule has 0 radical (unpaired) electrons. The predicted octanol–water partition coefficient (Wildman–Crippen LogP) is -1.70. The van der Waals surface area contributed by atoms with Crippen LogP contribution in [0.25, 0.3) is 0 Å². The summed E-state index contributed by atoms with van der Waals surface area (Å²) in [5.74, 6) is -1.76. The summed E-state index contributed by atoms with van der Waals surface area (Å²) in [4.78, 5) is 45.8. The average Bonchev–Trinajstić information content (AvgIpc) is 2.65. The minimum atomic E-state index is -1.78. The summed E-state index contributed by atoms with van der Waals surface area (Å²) >= 11 is 0. The number of nitrogens with one attached hydrogen (secondary N) is 2. The van der Waals surface area contributed by atoms with E-state index in [2.05, 4.69) is 45.3 Å². The van der Waals surface area contributed by atoms with Crippen LogP contribution in [0.15, 0.2) is 38.0 Å². The molecule has 1 fully saturated rings. The maximum Gasteiger partial charge on any atom is 0.323 e. The van der Waals surface area contributed by atoms with Crippen molar-refractivity contribution in [3.63, 3.8) is 0 Å². The average molecular weight is 378 g/mol. The highest BCUT2D eigenvalue weighted by Gasteiger charge is 2.50. The monoisotopic (exact) mass is 378 g/mol. The molecule has 1 aliphatic rings. The normalized spacial score (nSPS) is 14.9. The van der Waals surface area contributed by atoms with Gasteiger partial charge >= 0.3 is 18.0 Å². The van der Waals surface area contributed by atoms with Crippen molar-refractivity contribution in [1.29, 1.82) is 0 Å². The van der Waals surface area contributed by atoms with Crippen molar-refractivity contribution < 1.29 is 29.7 Å². The third-order valence-electron chi connectivity index (χ3n) is 3.27. The van der Waals surface area contributed by atoms with E-state index in [0.717, 1.165) is 23.1 Å². The predicted molar refractivity (Wildman–Crippen MR) is 91.0 cm³/mol. The first-order valence-corrected chi connectivity index (χ1v) is 7.29. The van der Waals surface area contributed by atoms with Gasteiger partial charge in [0, 0.05) is 6.67 Å². The number of hydrogen-bond donors (Lipinski definition) is 5. The minimum absolute atomic E-state index is 0.0526. The Morgan fingerprint density at radius 2 is 1.37 bits per heavy atom. The standard InChI is InChI=1S/C12H15N3O3.C3H3N3O3/c1-4-9(16)12(10(17)5-2)14-7-13-8-15(12)11(18)6-3;7-1-4-2(8)6-3(9)5-1/h4-6,13-14H,1-3,7-8H2;(H3,4,5,6,7,8,9). The summed E-state index contributed by atoms with van der Waals surface area (Å²) in [6.45, 7) is 10.3. The van der Waals surface area contributed by atoms with E-state index in [0.29, 0.717) is 0 Å². The zero-order valence-corrected chi connectivity index (χ0v) is 14.1. The molecule has 0 aromatic carbocycles. The van der Waals surface area contributed by atoms with E-state index < -0.39 is 41.2 Å². The Bertz CT molecular complexity index is 710. The van der Waals surface area contributed by atoms with Crippen LogP contribution in [0.4, 0.5) is 0 Å². The lowest BCUT2D eigenvalue weighted by Gasteiger charge is -2.43. The Kier molecular flexibility index (Phi) is 7.27. The maximum absolute atomic E-state index is 12.0. The zero-order valence-electron chi connectivity index (χ0n) is 14.1. The van der Waals surface area contributed by atoms with Crippen LogP contribution in [0.1, 0.15) is 0 Å². The third kappa shape index (κ3) is 4.71. The molecule has 144 valence electrons. The Morgan fingerprint density at radius 3 is 1.74 bits per heavy atom. The summed E-state index contributed by atoms with van der Waals surface area (Å²) < 4.78 is 0. The molecule has 2 rings (SSSR count). The molecule has 0 atom stereocenters. The Balaban J connectivity index is 0.000000337. The lowest BCUT2D eigenvalue weighted by atomic mass is 9.95. The molecule has 0 aliphatic carbocycles. The van der Waals surface area contributed by atoms with Gasteiger partial charge in [-0.1, -0.05) is 19.7 Å². The molecule has 0 unspecified atom stereocenters. The molecule has 1 aromatic heterocycles. The highest BCUT2D eigenvalue weighted by Crippen LogP contribution is 2.19. The number of aromatic hydroxyl groups is 3. The van der Waals surface area contributed by atoms with Crippen LogP contribution in [-0.2, 0) is 14.4 Å². The van der Waals surface area contributed by atoms with Gasteiger partial charge in [0.25, 0.3) is 0 Å². The molecule has 0 saturated carbocycles. The van der Waals surface area contributed by atoms with Crippen molar-refractivity contribution in [3.8, 4) is 18.0 Å². The number of hydrogen-bond acceptors (Lipinski definition) is 11. The summed E-state index contributed by atoms with van der Waals surface area (Å²) in [6.07, 6.45) is 3.04. The minimum Gasteiger partial charge on any atom is -0.479 e. The number of nitrogens with zero attached hydrogens (tertiary/aromatic N) is 4. The van der Waals surface area contributed by atoms with Gasteiger partial charge in [-0.25, -0.2) is 0 Å². The van der Waals surface area contributed by atoms with E-state index in [1.165, 1.54) is 0 Å². The first-order chi connectivity index (χ1) is 12.7. The van der Waals surface area contributed by atoms with E-state index in [-0.39, 0.29) is 13.3 Å². The van der Waals surface area contributed by atoms with Gasteiger partial charge in [-0.3, -0.25) is 29.9 Å². The molecule has 1 aliphatic heterocycles. The van der Waals surface area contributed by atoms with Crippen molar-refractivity contribution in [2.45, 2.75) is 5.66 Å². The number of ketones is 2. The lowest BCUT2D eigenvalue weighted by molar-refractivity contribution is -0.154. The summed E-state index contributed by atoms with van der Waals surface area (Å²) in [5.41, 5.74) is -1.78. The van der Waals surface area contributed by atoms with Crippen molar-refractivity contribution in [2.75, 3.05) is 13.3 Å². The highest BCUT2D eigenvalue weighted by molar-refractivity contribution is 6.20. The van der Waals surface area contributed by atoms with Crippen LogP contribution in [0, 0.1) is 0 Å².